The minimum atomic E-state index is -2.93. The molecule has 27 heavy (non-hydrogen) atoms. The zero-order valence-corrected chi connectivity index (χ0v) is 14.3. The summed E-state index contributed by atoms with van der Waals surface area (Å²) in [6, 6.07) is 15.4. The van der Waals surface area contributed by atoms with E-state index < -0.39 is 5.92 Å². The molecule has 4 aromatic rings. The Hall–Kier alpha value is -3.48. The molecule has 0 atom stereocenters. The van der Waals surface area contributed by atoms with Crippen molar-refractivity contribution < 1.29 is 13.2 Å². The van der Waals surface area contributed by atoms with E-state index in [2.05, 4.69) is 20.2 Å². The van der Waals surface area contributed by atoms with E-state index >= 15 is 0 Å². The van der Waals surface area contributed by atoms with Gasteiger partial charge in [-0.1, -0.05) is 36.4 Å². The molecule has 0 aliphatic carbocycles. The zero-order valence-electron chi connectivity index (χ0n) is 14.3. The van der Waals surface area contributed by atoms with Gasteiger partial charge in [0, 0.05) is 23.6 Å². The Balaban J connectivity index is 1.69. The van der Waals surface area contributed by atoms with Crippen LogP contribution in [0.1, 0.15) is 12.5 Å². The second kappa shape index (κ2) is 6.68. The standard InChI is InChI=1S/C20H14F2N4O/c1-20(21,22)15-9-5-8-14(10-15)16-11-23-12-17(24-16)19-26-25-18(27-19)13-6-3-2-4-7-13/h2-12H,1H3. The normalized spacial score (nSPS) is 11.5. The largest absolute Gasteiger partial charge is 0.415 e. The van der Waals surface area contributed by atoms with E-state index in [1.54, 1.807) is 12.1 Å². The molecule has 0 spiro atoms. The molecule has 2 aromatic carbocycles. The predicted molar refractivity (Wildman–Crippen MR) is 95.8 cm³/mol. The second-order valence-electron chi connectivity index (χ2n) is 6.04. The van der Waals surface area contributed by atoms with E-state index in [1.165, 1.54) is 24.5 Å². The fourth-order valence-electron chi connectivity index (χ4n) is 2.58. The van der Waals surface area contributed by atoms with Crippen molar-refractivity contribution in [3.05, 3.63) is 72.6 Å². The molecule has 0 saturated heterocycles. The summed E-state index contributed by atoms with van der Waals surface area (Å²) >= 11 is 0. The first-order valence-corrected chi connectivity index (χ1v) is 8.21. The average Bonchev–Trinajstić information content (AvgIpc) is 3.19. The molecule has 0 radical (unpaired) electrons. The lowest BCUT2D eigenvalue weighted by Gasteiger charge is -2.11. The van der Waals surface area contributed by atoms with E-state index in [4.69, 9.17) is 4.42 Å². The Kier molecular flexibility index (Phi) is 4.19. The van der Waals surface area contributed by atoms with Gasteiger partial charge in [-0.2, -0.15) is 0 Å². The van der Waals surface area contributed by atoms with Gasteiger partial charge in [0.1, 0.15) is 5.69 Å². The van der Waals surface area contributed by atoms with Crippen LogP contribution in [-0.2, 0) is 5.92 Å². The molecule has 0 fully saturated rings. The van der Waals surface area contributed by atoms with Crippen molar-refractivity contribution in [1.29, 1.82) is 0 Å². The van der Waals surface area contributed by atoms with Crippen molar-refractivity contribution in [1.82, 2.24) is 20.2 Å². The summed E-state index contributed by atoms with van der Waals surface area (Å²) in [6.07, 6.45) is 2.99. The number of halogens is 2. The van der Waals surface area contributed by atoms with Crippen molar-refractivity contribution in [2.45, 2.75) is 12.8 Å². The van der Waals surface area contributed by atoms with Crippen LogP contribution in [-0.4, -0.2) is 20.2 Å². The molecule has 0 unspecified atom stereocenters. The minimum Gasteiger partial charge on any atom is -0.415 e. The topological polar surface area (TPSA) is 64.7 Å². The summed E-state index contributed by atoms with van der Waals surface area (Å²) in [5.74, 6) is -2.36. The molecule has 0 aliphatic rings. The molecular weight excluding hydrogens is 350 g/mol. The van der Waals surface area contributed by atoms with Gasteiger partial charge in [-0.3, -0.25) is 4.98 Å². The summed E-state index contributed by atoms with van der Waals surface area (Å²) in [5.41, 5.74) is 2.05. The smallest absolute Gasteiger partial charge is 0.270 e. The number of aromatic nitrogens is 4. The van der Waals surface area contributed by atoms with Gasteiger partial charge in [-0.05, 0) is 18.2 Å². The molecule has 0 amide bonds. The second-order valence-corrected chi connectivity index (χ2v) is 6.04. The lowest BCUT2D eigenvalue weighted by Crippen LogP contribution is -2.06. The van der Waals surface area contributed by atoms with Gasteiger partial charge < -0.3 is 4.42 Å². The van der Waals surface area contributed by atoms with Crippen LogP contribution in [0.2, 0.25) is 0 Å². The molecule has 2 heterocycles. The highest BCUT2D eigenvalue weighted by molar-refractivity contribution is 5.62. The molecule has 7 heteroatoms. The Morgan fingerprint density at radius 2 is 1.52 bits per heavy atom. The molecular formula is C20H14F2N4O. The number of hydrogen-bond donors (Lipinski definition) is 0. The number of rotatable bonds is 4. The lowest BCUT2D eigenvalue weighted by molar-refractivity contribution is 0.0175. The van der Waals surface area contributed by atoms with Crippen LogP contribution in [0, 0.1) is 0 Å². The average molecular weight is 364 g/mol. The van der Waals surface area contributed by atoms with Crippen LogP contribution in [0.4, 0.5) is 8.78 Å². The monoisotopic (exact) mass is 364 g/mol. The first-order chi connectivity index (χ1) is 13.0. The highest BCUT2D eigenvalue weighted by Crippen LogP contribution is 2.30. The van der Waals surface area contributed by atoms with Gasteiger partial charge in [0.15, 0.2) is 0 Å². The fraction of sp³-hybridized carbons (Fsp3) is 0.100. The number of nitrogens with zero attached hydrogens (tertiary/aromatic N) is 4. The van der Waals surface area contributed by atoms with Gasteiger partial charge >= 0.3 is 0 Å². The maximum Gasteiger partial charge on any atom is 0.270 e. The maximum atomic E-state index is 13.6. The van der Waals surface area contributed by atoms with Gasteiger partial charge in [0.2, 0.25) is 5.89 Å². The van der Waals surface area contributed by atoms with Crippen LogP contribution in [0.5, 0.6) is 0 Å². The first-order valence-electron chi connectivity index (χ1n) is 8.21. The molecule has 0 N–H and O–H groups in total. The molecule has 134 valence electrons. The Labute approximate surface area is 153 Å². The van der Waals surface area contributed by atoms with E-state index in [-0.39, 0.29) is 11.5 Å². The van der Waals surface area contributed by atoms with Crippen LogP contribution in [0.15, 0.2) is 71.4 Å². The Bertz CT molecular complexity index is 1070. The van der Waals surface area contributed by atoms with E-state index in [0.29, 0.717) is 22.8 Å². The molecule has 5 nitrogen and oxygen atoms in total. The third kappa shape index (κ3) is 3.57. The van der Waals surface area contributed by atoms with Crippen molar-refractivity contribution in [3.63, 3.8) is 0 Å². The van der Waals surface area contributed by atoms with Gasteiger partial charge in [-0.25, -0.2) is 13.8 Å². The summed E-state index contributed by atoms with van der Waals surface area (Å²) in [7, 11) is 0. The fourth-order valence-corrected chi connectivity index (χ4v) is 2.58. The van der Waals surface area contributed by atoms with E-state index in [0.717, 1.165) is 12.5 Å². The molecule has 0 saturated carbocycles. The van der Waals surface area contributed by atoms with Crippen molar-refractivity contribution in [2.75, 3.05) is 0 Å². The van der Waals surface area contributed by atoms with Crippen molar-refractivity contribution in [3.8, 4) is 34.3 Å². The zero-order chi connectivity index (χ0) is 18.9. The quantitative estimate of drug-likeness (QED) is 0.511. The summed E-state index contributed by atoms with van der Waals surface area (Å²) < 4.78 is 32.9. The third-order valence-corrected chi connectivity index (χ3v) is 3.96. The summed E-state index contributed by atoms with van der Waals surface area (Å²) in [4.78, 5) is 8.57. The van der Waals surface area contributed by atoms with Crippen LogP contribution in [0.3, 0.4) is 0 Å². The Morgan fingerprint density at radius 3 is 2.30 bits per heavy atom. The lowest BCUT2D eigenvalue weighted by atomic mass is 10.0. The number of benzene rings is 2. The maximum absolute atomic E-state index is 13.6. The van der Waals surface area contributed by atoms with Gasteiger partial charge in [0.25, 0.3) is 11.8 Å². The predicted octanol–water partition coefficient (Wildman–Crippen LogP) is 4.97. The van der Waals surface area contributed by atoms with Crippen molar-refractivity contribution in [2.24, 2.45) is 0 Å². The molecule has 0 bridgehead atoms. The first kappa shape index (κ1) is 17.0. The third-order valence-electron chi connectivity index (χ3n) is 3.96. The molecule has 2 aromatic heterocycles. The number of alkyl halides is 2. The summed E-state index contributed by atoms with van der Waals surface area (Å²) in [5, 5.41) is 8.04. The van der Waals surface area contributed by atoms with Crippen LogP contribution in [0.25, 0.3) is 34.3 Å². The Morgan fingerprint density at radius 1 is 0.815 bits per heavy atom. The number of hydrogen-bond acceptors (Lipinski definition) is 5. The van der Waals surface area contributed by atoms with Crippen LogP contribution >= 0.6 is 0 Å². The minimum absolute atomic E-state index is 0.0867. The highest BCUT2D eigenvalue weighted by atomic mass is 19.3. The van der Waals surface area contributed by atoms with Gasteiger partial charge in [0.05, 0.1) is 18.1 Å². The van der Waals surface area contributed by atoms with Crippen molar-refractivity contribution >= 4 is 0 Å². The highest BCUT2D eigenvalue weighted by Gasteiger charge is 2.24. The molecule has 4 rings (SSSR count). The van der Waals surface area contributed by atoms with E-state index in [1.807, 2.05) is 30.3 Å². The molecule has 0 aliphatic heterocycles. The van der Waals surface area contributed by atoms with Crippen LogP contribution < -0.4 is 0 Å². The van der Waals surface area contributed by atoms with Gasteiger partial charge in [-0.15, -0.1) is 10.2 Å². The van der Waals surface area contributed by atoms with E-state index in [9.17, 15) is 8.78 Å². The SMILES string of the molecule is CC(F)(F)c1cccc(-c2cncc(-c3nnc(-c4ccccc4)o3)n2)c1. The summed E-state index contributed by atoms with van der Waals surface area (Å²) in [6.45, 7) is 0.859.